The Kier molecular flexibility index (Phi) is 5.34. The van der Waals surface area contributed by atoms with E-state index >= 15 is 0 Å². The van der Waals surface area contributed by atoms with Gasteiger partial charge in [0.1, 0.15) is 11.3 Å². The van der Waals surface area contributed by atoms with Crippen molar-refractivity contribution in [1.29, 1.82) is 0 Å². The molecule has 0 aliphatic heterocycles. The number of fused-ring (bicyclic) bond motifs is 1. The predicted octanol–water partition coefficient (Wildman–Crippen LogP) is 3.02. The number of aryl methyl sites for hydroxylation is 1. The Morgan fingerprint density at radius 1 is 1.23 bits per heavy atom. The van der Waals surface area contributed by atoms with Gasteiger partial charge in [0.25, 0.3) is 11.5 Å². The molecule has 0 bridgehead atoms. The summed E-state index contributed by atoms with van der Waals surface area (Å²) < 4.78 is 41.9. The van der Waals surface area contributed by atoms with Gasteiger partial charge >= 0.3 is 6.18 Å². The molecule has 1 aliphatic rings. The fraction of sp³-hybridized carbons (Fsp3) is 0.381. The maximum atomic E-state index is 13.7. The number of amides is 1. The predicted molar refractivity (Wildman–Crippen MR) is 109 cm³/mol. The summed E-state index contributed by atoms with van der Waals surface area (Å²) in [5.74, 6) is -0.684. The number of H-pyrrole nitrogens is 1. The Hall–Kier alpha value is -3.14. The zero-order valence-electron chi connectivity index (χ0n) is 16.8. The molecular weight excluding hydrogens is 411 g/mol. The van der Waals surface area contributed by atoms with Crippen molar-refractivity contribution in [2.75, 3.05) is 0 Å². The zero-order chi connectivity index (χ0) is 22.3. The molecule has 2 aromatic heterocycles. The molecule has 10 heteroatoms. The van der Waals surface area contributed by atoms with Crippen molar-refractivity contribution < 1.29 is 18.0 Å². The van der Waals surface area contributed by atoms with Crippen LogP contribution in [0.15, 0.2) is 35.1 Å². The number of aromatic nitrogens is 3. The van der Waals surface area contributed by atoms with Crippen molar-refractivity contribution in [3.05, 3.63) is 57.6 Å². The Balaban J connectivity index is 1.86. The van der Waals surface area contributed by atoms with Crippen LogP contribution in [-0.4, -0.2) is 32.6 Å². The number of benzene rings is 1. The van der Waals surface area contributed by atoms with Crippen LogP contribution in [0.2, 0.25) is 0 Å². The molecule has 0 radical (unpaired) electrons. The molecule has 4 rings (SSSR count). The molecule has 1 aromatic carbocycles. The third-order valence-electron chi connectivity index (χ3n) is 5.67. The number of alkyl halides is 3. The number of carbonyl (C=O) groups excluding carboxylic acids is 1. The molecule has 1 fully saturated rings. The van der Waals surface area contributed by atoms with E-state index in [0.717, 1.165) is 19.3 Å². The normalized spacial score (nSPS) is 19.5. The van der Waals surface area contributed by atoms with Crippen molar-refractivity contribution in [2.45, 2.75) is 50.9 Å². The monoisotopic (exact) mass is 433 g/mol. The molecule has 1 saturated carbocycles. The number of hydrogen-bond donors (Lipinski definition) is 3. The van der Waals surface area contributed by atoms with Gasteiger partial charge in [-0.2, -0.15) is 17.7 Å². The van der Waals surface area contributed by atoms with Crippen molar-refractivity contribution >= 4 is 11.6 Å². The number of carbonyl (C=O) groups is 1. The van der Waals surface area contributed by atoms with Crippen LogP contribution in [0.4, 0.5) is 13.2 Å². The minimum atomic E-state index is -4.75. The van der Waals surface area contributed by atoms with Gasteiger partial charge in [-0.05, 0) is 25.3 Å². The summed E-state index contributed by atoms with van der Waals surface area (Å²) >= 11 is 0. The van der Waals surface area contributed by atoms with E-state index in [2.05, 4.69) is 15.4 Å². The van der Waals surface area contributed by atoms with E-state index in [1.54, 1.807) is 18.2 Å². The second-order valence-electron chi connectivity index (χ2n) is 7.79. The van der Waals surface area contributed by atoms with Gasteiger partial charge in [-0.25, -0.2) is 4.98 Å². The van der Waals surface area contributed by atoms with Crippen molar-refractivity contribution in [1.82, 2.24) is 19.9 Å². The highest BCUT2D eigenvalue weighted by molar-refractivity contribution is 5.95. The molecule has 31 heavy (non-hydrogen) atoms. The second-order valence-corrected chi connectivity index (χ2v) is 7.79. The van der Waals surface area contributed by atoms with Crippen LogP contribution in [0.3, 0.4) is 0 Å². The van der Waals surface area contributed by atoms with Crippen molar-refractivity contribution in [3.63, 3.8) is 0 Å². The standard InChI is InChI=1S/C21H22F3N5O2/c1-11-15(19(30)27-14-10-6-5-9-13(14)25)20(31)29-18(26-11)16(12-7-3-2-4-8-12)17(28-29)21(22,23)24/h2-4,7-8,13-14,28H,5-6,9-10,25H2,1H3,(H,27,30)/t13-,14-/m1/s1. The van der Waals surface area contributed by atoms with E-state index in [1.807, 2.05) is 0 Å². The molecule has 2 atom stereocenters. The topological polar surface area (TPSA) is 105 Å². The van der Waals surface area contributed by atoms with Gasteiger partial charge in [-0.1, -0.05) is 43.2 Å². The number of nitrogens with two attached hydrogens (primary N) is 1. The lowest BCUT2D eigenvalue weighted by atomic mass is 9.91. The number of aromatic amines is 1. The quantitative estimate of drug-likeness (QED) is 0.590. The molecule has 2 heterocycles. The molecule has 1 amide bonds. The van der Waals surface area contributed by atoms with Crippen LogP contribution in [-0.2, 0) is 6.18 Å². The van der Waals surface area contributed by atoms with Crippen molar-refractivity contribution in [2.24, 2.45) is 5.73 Å². The van der Waals surface area contributed by atoms with E-state index < -0.39 is 23.3 Å². The number of halogens is 3. The highest BCUT2D eigenvalue weighted by Gasteiger charge is 2.38. The maximum absolute atomic E-state index is 13.7. The van der Waals surface area contributed by atoms with Crippen molar-refractivity contribution in [3.8, 4) is 11.1 Å². The average Bonchev–Trinajstić information content (AvgIpc) is 3.10. The summed E-state index contributed by atoms with van der Waals surface area (Å²) in [5, 5.41) is 4.88. The molecular formula is C21H22F3N5O2. The van der Waals surface area contributed by atoms with E-state index in [-0.39, 0.29) is 40.1 Å². The molecule has 3 aromatic rings. The Morgan fingerprint density at radius 2 is 1.90 bits per heavy atom. The highest BCUT2D eigenvalue weighted by atomic mass is 19.4. The largest absolute Gasteiger partial charge is 0.433 e. The maximum Gasteiger partial charge on any atom is 0.433 e. The smallest absolute Gasteiger partial charge is 0.348 e. The zero-order valence-corrected chi connectivity index (χ0v) is 16.8. The van der Waals surface area contributed by atoms with Gasteiger partial charge in [0.2, 0.25) is 0 Å². The van der Waals surface area contributed by atoms with Gasteiger partial charge in [0.15, 0.2) is 5.65 Å². The van der Waals surface area contributed by atoms with E-state index in [9.17, 15) is 22.8 Å². The van der Waals surface area contributed by atoms with Crippen LogP contribution < -0.4 is 16.6 Å². The molecule has 7 nitrogen and oxygen atoms in total. The lowest BCUT2D eigenvalue weighted by Crippen LogP contribution is -2.50. The third-order valence-corrected chi connectivity index (χ3v) is 5.67. The van der Waals surface area contributed by atoms with Gasteiger partial charge in [0, 0.05) is 12.1 Å². The summed E-state index contributed by atoms with van der Waals surface area (Å²) in [6.45, 7) is 1.44. The first kappa shape index (κ1) is 21.1. The Morgan fingerprint density at radius 3 is 2.55 bits per heavy atom. The molecule has 0 unspecified atom stereocenters. The minimum absolute atomic E-state index is 0.0526. The first-order valence-electron chi connectivity index (χ1n) is 10.0. The summed E-state index contributed by atoms with van der Waals surface area (Å²) in [4.78, 5) is 30.1. The highest BCUT2D eigenvalue weighted by Crippen LogP contribution is 2.38. The third kappa shape index (κ3) is 3.83. The van der Waals surface area contributed by atoms with E-state index in [0.29, 0.717) is 10.9 Å². The summed E-state index contributed by atoms with van der Waals surface area (Å²) in [6.07, 6.45) is -1.45. The second kappa shape index (κ2) is 7.84. The SMILES string of the molecule is Cc1nc2c(-c3ccccc3)c(C(F)(F)F)[nH]n2c(=O)c1C(=O)N[C@@H]1CCCC[C@H]1N. The molecule has 0 saturated heterocycles. The van der Waals surface area contributed by atoms with Crippen LogP contribution in [0, 0.1) is 6.92 Å². The van der Waals surface area contributed by atoms with Gasteiger partial charge in [-0.3, -0.25) is 14.7 Å². The summed E-state index contributed by atoms with van der Waals surface area (Å²) in [6, 6.07) is 7.35. The van der Waals surface area contributed by atoms with Crippen LogP contribution in [0.1, 0.15) is 47.4 Å². The van der Waals surface area contributed by atoms with Crippen LogP contribution in [0.5, 0.6) is 0 Å². The molecule has 164 valence electrons. The first-order chi connectivity index (χ1) is 14.7. The van der Waals surface area contributed by atoms with Gasteiger partial charge in [0.05, 0.1) is 11.3 Å². The average molecular weight is 433 g/mol. The number of nitrogens with one attached hydrogen (secondary N) is 2. The summed E-state index contributed by atoms with van der Waals surface area (Å²) in [5.41, 5.74) is 3.65. The fourth-order valence-electron chi connectivity index (χ4n) is 4.10. The molecule has 0 spiro atoms. The van der Waals surface area contributed by atoms with Crippen LogP contribution >= 0.6 is 0 Å². The van der Waals surface area contributed by atoms with Crippen LogP contribution in [0.25, 0.3) is 16.8 Å². The number of hydrogen-bond acceptors (Lipinski definition) is 4. The lowest BCUT2D eigenvalue weighted by Gasteiger charge is -2.29. The first-order valence-corrected chi connectivity index (χ1v) is 10.0. The molecule has 4 N–H and O–H groups in total. The van der Waals surface area contributed by atoms with Gasteiger partial charge < -0.3 is 11.1 Å². The molecule has 1 aliphatic carbocycles. The summed E-state index contributed by atoms with van der Waals surface area (Å²) in [7, 11) is 0. The van der Waals surface area contributed by atoms with E-state index in [1.165, 1.54) is 19.1 Å². The minimum Gasteiger partial charge on any atom is -0.348 e. The number of nitrogens with zero attached hydrogens (tertiary/aromatic N) is 2. The number of rotatable bonds is 3. The van der Waals surface area contributed by atoms with Gasteiger partial charge in [-0.15, -0.1) is 0 Å². The Labute approximate surface area is 175 Å². The fourth-order valence-corrected chi connectivity index (χ4v) is 4.10. The Bertz CT molecular complexity index is 1180. The lowest BCUT2D eigenvalue weighted by molar-refractivity contribution is -0.140. The van der Waals surface area contributed by atoms with E-state index in [4.69, 9.17) is 5.73 Å².